The summed E-state index contributed by atoms with van der Waals surface area (Å²) in [5.41, 5.74) is 0.669. The van der Waals surface area contributed by atoms with E-state index in [9.17, 15) is 9.90 Å². The molecule has 1 N–H and O–H groups in total. The number of methoxy groups -OCH3 is 1. The molecule has 0 unspecified atom stereocenters. The van der Waals surface area contributed by atoms with Gasteiger partial charge in [0.1, 0.15) is 0 Å². The van der Waals surface area contributed by atoms with Crippen LogP contribution in [0.4, 0.5) is 0 Å². The van der Waals surface area contributed by atoms with E-state index in [1.54, 1.807) is 12.0 Å². The first kappa shape index (κ1) is 23.1. The van der Waals surface area contributed by atoms with E-state index < -0.39 is 6.10 Å². The Hall–Kier alpha value is -1.55. The SMILES string of the molecule is COCCN(C[C@@H]1CN(C[C@H](O)CN2CCOCC2)CCO1)C(=O)c1ccccc1. The Kier molecular flexibility index (Phi) is 9.51. The van der Waals surface area contributed by atoms with Gasteiger partial charge < -0.3 is 24.2 Å². The maximum absolute atomic E-state index is 13.0. The molecule has 0 bridgehead atoms. The van der Waals surface area contributed by atoms with E-state index in [4.69, 9.17) is 14.2 Å². The maximum atomic E-state index is 13.0. The summed E-state index contributed by atoms with van der Waals surface area (Å²) in [7, 11) is 1.64. The van der Waals surface area contributed by atoms with Gasteiger partial charge in [0.05, 0.1) is 38.6 Å². The number of aliphatic hydroxyl groups is 1. The van der Waals surface area contributed by atoms with Gasteiger partial charge in [0, 0.05) is 65.0 Å². The highest BCUT2D eigenvalue weighted by molar-refractivity contribution is 5.94. The van der Waals surface area contributed by atoms with Gasteiger partial charge >= 0.3 is 0 Å². The zero-order chi connectivity index (χ0) is 21.2. The summed E-state index contributed by atoms with van der Waals surface area (Å²) in [6.07, 6.45) is -0.490. The van der Waals surface area contributed by atoms with Crippen LogP contribution >= 0.6 is 0 Å². The van der Waals surface area contributed by atoms with E-state index in [-0.39, 0.29) is 12.0 Å². The van der Waals surface area contributed by atoms with Crippen LogP contribution in [-0.4, -0.2) is 124 Å². The number of hydrogen-bond donors (Lipinski definition) is 1. The molecule has 2 heterocycles. The Morgan fingerprint density at radius 2 is 1.87 bits per heavy atom. The fourth-order valence-corrected chi connectivity index (χ4v) is 3.98. The van der Waals surface area contributed by atoms with Crippen LogP contribution in [0.1, 0.15) is 10.4 Å². The number of rotatable bonds is 10. The quantitative estimate of drug-likeness (QED) is 0.577. The van der Waals surface area contributed by atoms with Gasteiger partial charge in [-0.3, -0.25) is 14.6 Å². The molecule has 8 heteroatoms. The lowest BCUT2D eigenvalue weighted by Crippen LogP contribution is -2.52. The molecule has 1 aromatic rings. The van der Waals surface area contributed by atoms with Crippen LogP contribution in [0.3, 0.4) is 0 Å². The third kappa shape index (κ3) is 7.30. The molecule has 1 amide bonds. The number of aliphatic hydroxyl groups excluding tert-OH is 1. The number of benzene rings is 1. The molecule has 2 aliphatic heterocycles. The second kappa shape index (κ2) is 12.3. The molecule has 168 valence electrons. The molecule has 0 radical (unpaired) electrons. The van der Waals surface area contributed by atoms with Gasteiger partial charge in [0.25, 0.3) is 5.91 Å². The van der Waals surface area contributed by atoms with Crippen molar-refractivity contribution in [2.24, 2.45) is 0 Å². The van der Waals surface area contributed by atoms with E-state index in [1.165, 1.54) is 0 Å². The Morgan fingerprint density at radius 1 is 1.17 bits per heavy atom. The van der Waals surface area contributed by atoms with Crippen molar-refractivity contribution in [3.8, 4) is 0 Å². The number of hydrogen-bond acceptors (Lipinski definition) is 7. The average molecular weight is 422 g/mol. The molecule has 3 rings (SSSR count). The Labute approximate surface area is 179 Å². The van der Waals surface area contributed by atoms with Gasteiger partial charge in [-0.15, -0.1) is 0 Å². The molecule has 2 atom stereocenters. The monoisotopic (exact) mass is 421 g/mol. The highest BCUT2D eigenvalue weighted by Crippen LogP contribution is 2.12. The zero-order valence-corrected chi connectivity index (χ0v) is 17.9. The van der Waals surface area contributed by atoms with Crippen LogP contribution in [0, 0.1) is 0 Å². The minimum Gasteiger partial charge on any atom is -0.390 e. The van der Waals surface area contributed by atoms with Crippen molar-refractivity contribution in [3.05, 3.63) is 35.9 Å². The largest absolute Gasteiger partial charge is 0.390 e. The van der Waals surface area contributed by atoms with Gasteiger partial charge in [0.15, 0.2) is 0 Å². The van der Waals surface area contributed by atoms with Crippen molar-refractivity contribution in [1.82, 2.24) is 14.7 Å². The molecule has 30 heavy (non-hydrogen) atoms. The summed E-state index contributed by atoms with van der Waals surface area (Å²) < 4.78 is 16.5. The molecule has 0 aliphatic carbocycles. The van der Waals surface area contributed by atoms with Crippen LogP contribution in [-0.2, 0) is 14.2 Å². The fourth-order valence-electron chi connectivity index (χ4n) is 3.98. The number of carbonyl (C=O) groups excluding carboxylic acids is 1. The lowest BCUT2D eigenvalue weighted by atomic mass is 10.1. The minimum absolute atomic E-state index is 0.0132. The number of β-amino-alcohol motifs (C(OH)–C–C–N with tert-alkyl or cyclic N) is 1. The topological polar surface area (TPSA) is 74.7 Å². The molecule has 2 aliphatic rings. The first-order chi connectivity index (χ1) is 14.7. The molecule has 1 aromatic carbocycles. The normalized spacial score (nSPS) is 22.0. The van der Waals surface area contributed by atoms with Crippen molar-refractivity contribution in [1.29, 1.82) is 0 Å². The van der Waals surface area contributed by atoms with Crippen LogP contribution < -0.4 is 0 Å². The number of ether oxygens (including phenoxy) is 3. The Balaban J connectivity index is 1.51. The number of nitrogens with zero attached hydrogens (tertiary/aromatic N) is 3. The molecule has 0 spiro atoms. The summed E-state index contributed by atoms with van der Waals surface area (Å²) in [5, 5.41) is 10.5. The van der Waals surface area contributed by atoms with Crippen molar-refractivity contribution in [2.45, 2.75) is 12.2 Å². The predicted molar refractivity (Wildman–Crippen MR) is 114 cm³/mol. The number of amides is 1. The summed E-state index contributed by atoms with van der Waals surface area (Å²) in [6.45, 7) is 8.10. The third-order valence-electron chi connectivity index (χ3n) is 5.56. The fraction of sp³-hybridized carbons (Fsp3) is 0.682. The standard InChI is InChI=1S/C22H35N3O5/c1-28-11-10-25(22(27)19-5-3-2-4-6-19)18-21-17-24(9-14-30-21)16-20(26)15-23-7-12-29-13-8-23/h2-6,20-21,26H,7-18H2,1H3/t20-,21+/m1/s1. The van der Waals surface area contributed by atoms with Crippen LogP contribution in [0.5, 0.6) is 0 Å². The van der Waals surface area contributed by atoms with Crippen molar-refractivity contribution in [2.75, 3.05) is 85.9 Å². The highest BCUT2D eigenvalue weighted by atomic mass is 16.5. The lowest BCUT2D eigenvalue weighted by molar-refractivity contribution is -0.0564. The van der Waals surface area contributed by atoms with Crippen LogP contribution in [0.15, 0.2) is 30.3 Å². The minimum atomic E-state index is -0.405. The van der Waals surface area contributed by atoms with Crippen molar-refractivity contribution < 1.29 is 24.1 Å². The van der Waals surface area contributed by atoms with E-state index >= 15 is 0 Å². The smallest absolute Gasteiger partial charge is 0.254 e. The van der Waals surface area contributed by atoms with Gasteiger partial charge in [-0.2, -0.15) is 0 Å². The Morgan fingerprint density at radius 3 is 2.60 bits per heavy atom. The highest BCUT2D eigenvalue weighted by Gasteiger charge is 2.27. The molecule has 8 nitrogen and oxygen atoms in total. The molecule has 2 fully saturated rings. The first-order valence-electron chi connectivity index (χ1n) is 10.8. The second-order valence-corrected chi connectivity index (χ2v) is 7.93. The lowest BCUT2D eigenvalue weighted by Gasteiger charge is -2.37. The average Bonchev–Trinajstić information content (AvgIpc) is 2.77. The third-order valence-corrected chi connectivity index (χ3v) is 5.56. The van der Waals surface area contributed by atoms with E-state index in [2.05, 4.69) is 9.80 Å². The summed E-state index contributed by atoms with van der Waals surface area (Å²) in [6, 6.07) is 9.31. The summed E-state index contributed by atoms with van der Waals surface area (Å²) >= 11 is 0. The zero-order valence-electron chi connectivity index (χ0n) is 17.9. The van der Waals surface area contributed by atoms with E-state index in [1.807, 2.05) is 30.3 Å². The molecule has 2 saturated heterocycles. The van der Waals surface area contributed by atoms with Crippen LogP contribution in [0.2, 0.25) is 0 Å². The summed E-state index contributed by atoms with van der Waals surface area (Å²) in [4.78, 5) is 19.2. The molecule has 0 aromatic heterocycles. The molecular formula is C22H35N3O5. The van der Waals surface area contributed by atoms with Crippen molar-refractivity contribution in [3.63, 3.8) is 0 Å². The van der Waals surface area contributed by atoms with Gasteiger partial charge in [0.2, 0.25) is 0 Å². The van der Waals surface area contributed by atoms with Gasteiger partial charge in [-0.1, -0.05) is 18.2 Å². The van der Waals surface area contributed by atoms with Crippen molar-refractivity contribution >= 4 is 5.91 Å². The Bertz CT molecular complexity index is 626. The maximum Gasteiger partial charge on any atom is 0.254 e. The number of carbonyl (C=O) groups is 1. The van der Waals surface area contributed by atoms with Gasteiger partial charge in [-0.25, -0.2) is 0 Å². The number of morpholine rings is 2. The first-order valence-corrected chi connectivity index (χ1v) is 10.8. The molecular weight excluding hydrogens is 386 g/mol. The van der Waals surface area contributed by atoms with Crippen LogP contribution in [0.25, 0.3) is 0 Å². The predicted octanol–water partition coefficient (Wildman–Crippen LogP) is 0.169. The van der Waals surface area contributed by atoms with Gasteiger partial charge in [-0.05, 0) is 12.1 Å². The molecule has 0 saturated carbocycles. The second-order valence-electron chi connectivity index (χ2n) is 7.93. The van der Waals surface area contributed by atoms with E-state index in [0.29, 0.717) is 51.5 Å². The summed E-state index contributed by atoms with van der Waals surface area (Å²) in [5.74, 6) is -0.0132. The van der Waals surface area contributed by atoms with E-state index in [0.717, 1.165) is 32.8 Å².